The van der Waals surface area contributed by atoms with Crippen molar-refractivity contribution in [1.29, 1.82) is 0 Å². The van der Waals surface area contributed by atoms with E-state index in [1.54, 1.807) is 17.4 Å². The zero-order valence-corrected chi connectivity index (χ0v) is 18.7. The lowest BCUT2D eigenvalue weighted by atomic mass is 9.89. The molecule has 0 bridgehead atoms. The number of hydrogen-bond donors (Lipinski definition) is 1. The van der Waals surface area contributed by atoms with Gasteiger partial charge in [-0.05, 0) is 62.4 Å². The van der Waals surface area contributed by atoms with Gasteiger partial charge in [0.25, 0.3) is 5.56 Å². The van der Waals surface area contributed by atoms with E-state index in [4.69, 9.17) is 9.72 Å². The molecule has 0 saturated heterocycles. The molecule has 1 aliphatic rings. The molecule has 30 heavy (non-hydrogen) atoms. The third-order valence-corrected chi connectivity index (χ3v) is 7.11. The van der Waals surface area contributed by atoms with Crippen molar-refractivity contribution in [3.8, 4) is 5.75 Å². The summed E-state index contributed by atoms with van der Waals surface area (Å²) in [7, 11) is 2.05. The van der Waals surface area contributed by atoms with Gasteiger partial charge in [-0.3, -0.25) is 9.69 Å². The fraction of sp³-hybridized carbons (Fsp3) is 0.417. The third-order valence-electron chi connectivity index (χ3n) is 5.96. The Bertz CT molecular complexity index is 1100. The molecule has 3 aromatic rings. The maximum atomic E-state index is 12.9. The predicted octanol–water partition coefficient (Wildman–Crippen LogP) is 4.87. The van der Waals surface area contributed by atoms with Gasteiger partial charge in [0.1, 0.15) is 23.0 Å². The van der Waals surface area contributed by atoms with Crippen molar-refractivity contribution >= 4 is 21.6 Å². The van der Waals surface area contributed by atoms with Crippen molar-refractivity contribution in [2.24, 2.45) is 5.92 Å². The summed E-state index contributed by atoms with van der Waals surface area (Å²) in [6, 6.07) is 8.07. The van der Waals surface area contributed by atoms with Crippen LogP contribution in [0.25, 0.3) is 10.2 Å². The van der Waals surface area contributed by atoms with Crippen molar-refractivity contribution in [2.45, 2.75) is 45.7 Å². The average Bonchev–Trinajstić information content (AvgIpc) is 3.10. The molecule has 0 saturated carbocycles. The number of ether oxygens (including phenoxy) is 1. The predicted molar refractivity (Wildman–Crippen MR) is 123 cm³/mol. The highest BCUT2D eigenvalue weighted by atomic mass is 32.1. The van der Waals surface area contributed by atoms with Gasteiger partial charge in [-0.25, -0.2) is 4.98 Å². The Kier molecular flexibility index (Phi) is 6.06. The molecule has 1 N–H and O–H groups in total. The molecule has 5 nitrogen and oxygen atoms in total. The minimum atomic E-state index is -0.00292. The van der Waals surface area contributed by atoms with Gasteiger partial charge in [0.2, 0.25) is 0 Å². The summed E-state index contributed by atoms with van der Waals surface area (Å²) >= 11 is 1.70. The van der Waals surface area contributed by atoms with Crippen LogP contribution in [-0.2, 0) is 19.4 Å². The first-order chi connectivity index (χ1) is 14.5. The smallest absolute Gasteiger partial charge is 0.259 e. The molecule has 2 heterocycles. The van der Waals surface area contributed by atoms with E-state index in [1.807, 2.05) is 12.1 Å². The summed E-state index contributed by atoms with van der Waals surface area (Å²) in [6.07, 6.45) is 4.94. The van der Waals surface area contributed by atoms with Crippen LogP contribution in [0.15, 0.2) is 41.7 Å². The molecular formula is C24H29N3O2S. The van der Waals surface area contributed by atoms with Crippen LogP contribution in [0, 0.1) is 5.92 Å². The average molecular weight is 424 g/mol. The number of rotatable bonds is 7. The first kappa shape index (κ1) is 20.8. The number of H-pyrrole nitrogens is 1. The van der Waals surface area contributed by atoms with E-state index >= 15 is 0 Å². The minimum absolute atomic E-state index is 0.00292. The van der Waals surface area contributed by atoms with Gasteiger partial charge >= 0.3 is 0 Å². The Hall–Kier alpha value is -2.44. The van der Waals surface area contributed by atoms with E-state index < -0.39 is 0 Å². The number of benzene rings is 1. The van der Waals surface area contributed by atoms with E-state index in [-0.39, 0.29) is 11.6 Å². The summed E-state index contributed by atoms with van der Waals surface area (Å²) in [5.74, 6) is 2.25. The van der Waals surface area contributed by atoms with Crippen LogP contribution in [0.5, 0.6) is 5.75 Å². The fourth-order valence-corrected chi connectivity index (χ4v) is 5.43. The molecule has 0 fully saturated rings. The van der Waals surface area contributed by atoms with Gasteiger partial charge < -0.3 is 9.72 Å². The Morgan fingerprint density at radius 1 is 1.40 bits per heavy atom. The maximum Gasteiger partial charge on any atom is 0.259 e. The molecule has 158 valence electrons. The lowest BCUT2D eigenvalue weighted by Gasteiger charge is -2.24. The van der Waals surface area contributed by atoms with Gasteiger partial charge in [-0.15, -0.1) is 11.3 Å². The molecular weight excluding hydrogens is 394 g/mol. The van der Waals surface area contributed by atoms with E-state index in [2.05, 4.69) is 49.5 Å². The maximum absolute atomic E-state index is 12.9. The quantitative estimate of drug-likeness (QED) is 0.551. The minimum Gasteiger partial charge on any atom is -0.490 e. The number of aromatic nitrogens is 2. The fourth-order valence-electron chi connectivity index (χ4n) is 4.04. The number of aryl methyl sites for hydroxylation is 1. The lowest BCUT2D eigenvalue weighted by Crippen LogP contribution is -2.26. The molecule has 1 aromatic carbocycles. The monoisotopic (exact) mass is 423 g/mol. The highest BCUT2D eigenvalue weighted by Crippen LogP contribution is 2.36. The molecule has 0 amide bonds. The lowest BCUT2D eigenvalue weighted by molar-refractivity contribution is 0.244. The van der Waals surface area contributed by atoms with Gasteiger partial charge in [-0.2, -0.15) is 0 Å². The van der Waals surface area contributed by atoms with Crippen molar-refractivity contribution in [1.82, 2.24) is 14.9 Å². The molecule has 6 heteroatoms. The van der Waals surface area contributed by atoms with Crippen LogP contribution in [0.1, 0.15) is 48.1 Å². The van der Waals surface area contributed by atoms with Gasteiger partial charge in [0.05, 0.1) is 11.4 Å². The van der Waals surface area contributed by atoms with Crippen LogP contribution in [0.3, 0.4) is 0 Å². The molecule has 0 aliphatic heterocycles. The Morgan fingerprint density at radius 3 is 2.90 bits per heavy atom. The second-order valence-electron chi connectivity index (χ2n) is 8.32. The Morgan fingerprint density at radius 2 is 2.17 bits per heavy atom. The van der Waals surface area contributed by atoms with Crippen LogP contribution in [0.4, 0.5) is 0 Å². The number of nitrogens with zero attached hydrogens (tertiary/aromatic N) is 2. The zero-order valence-electron chi connectivity index (χ0n) is 17.9. The molecule has 4 rings (SSSR count). The van der Waals surface area contributed by atoms with Crippen molar-refractivity contribution in [2.75, 3.05) is 13.7 Å². The van der Waals surface area contributed by atoms with Crippen LogP contribution in [-0.4, -0.2) is 28.5 Å². The van der Waals surface area contributed by atoms with E-state index in [0.29, 0.717) is 12.5 Å². The SMILES string of the molecule is C=CCOc1ccc(CN(C)[C@H](C)c2nc3sc4c(c3c(=O)[nH]2)CC[C@@H](C)C4)cc1. The number of aromatic amines is 1. The normalized spacial score (nSPS) is 17.1. The second-order valence-corrected chi connectivity index (χ2v) is 9.40. The zero-order chi connectivity index (χ0) is 21.3. The summed E-state index contributed by atoms with van der Waals surface area (Å²) < 4.78 is 5.55. The highest BCUT2D eigenvalue weighted by Gasteiger charge is 2.24. The molecule has 2 atom stereocenters. The first-order valence-electron chi connectivity index (χ1n) is 10.5. The Labute approximate surface area is 181 Å². The van der Waals surface area contributed by atoms with E-state index in [9.17, 15) is 4.79 Å². The molecule has 0 spiro atoms. The first-order valence-corrected chi connectivity index (χ1v) is 11.3. The number of nitrogens with one attached hydrogen (secondary N) is 1. The summed E-state index contributed by atoms with van der Waals surface area (Å²) in [5, 5.41) is 0.815. The van der Waals surface area contributed by atoms with E-state index in [1.165, 1.54) is 16.0 Å². The molecule has 0 unspecified atom stereocenters. The summed E-state index contributed by atoms with van der Waals surface area (Å²) in [5.41, 5.74) is 2.42. The summed E-state index contributed by atoms with van der Waals surface area (Å²) in [4.78, 5) is 25.3. The van der Waals surface area contributed by atoms with E-state index in [0.717, 1.165) is 47.6 Å². The summed E-state index contributed by atoms with van der Waals surface area (Å²) in [6.45, 7) is 9.29. The Balaban J connectivity index is 1.53. The van der Waals surface area contributed by atoms with Crippen LogP contribution in [0.2, 0.25) is 0 Å². The third kappa shape index (κ3) is 4.20. The van der Waals surface area contributed by atoms with Gasteiger partial charge in [0, 0.05) is 11.4 Å². The van der Waals surface area contributed by atoms with Gasteiger partial charge in [-0.1, -0.05) is 31.7 Å². The van der Waals surface area contributed by atoms with Crippen molar-refractivity contribution in [3.63, 3.8) is 0 Å². The number of hydrogen-bond acceptors (Lipinski definition) is 5. The molecule has 1 aliphatic carbocycles. The topological polar surface area (TPSA) is 58.2 Å². The largest absolute Gasteiger partial charge is 0.490 e. The van der Waals surface area contributed by atoms with Crippen molar-refractivity contribution < 1.29 is 4.74 Å². The highest BCUT2D eigenvalue weighted by molar-refractivity contribution is 7.18. The number of fused-ring (bicyclic) bond motifs is 3. The standard InChI is InChI=1S/C24H29N3O2S/c1-5-12-29-18-9-7-17(8-10-18)14-27(4)16(3)22-25-23(28)21-19-11-6-15(2)13-20(19)30-24(21)26-22/h5,7-10,15-16H,1,6,11-14H2,2-4H3,(H,25,26,28)/t15-,16-/m1/s1. The van der Waals surface area contributed by atoms with Crippen molar-refractivity contribution in [3.05, 3.63) is 69.1 Å². The number of thiophene rings is 1. The molecule has 0 radical (unpaired) electrons. The van der Waals surface area contributed by atoms with Gasteiger partial charge in [0.15, 0.2) is 0 Å². The van der Waals surface area contributed by atoms with Crippen LogP contribution >= 0.6 is 11.3 Å². The van der Waals surface area contributed by atoms with Crippen LogP contribution < -0.4 is 10.3 Å². The molecule has 2 aromatic heterocycles. The second kappa shape index (κ2) is 8.74.